The van der Waals surface area contributed by atoms with Crippen molar-refractivity contribution >= 4 is 11.7 Å². The number of hydrogen-bond donors (Lipinski definition) is 1. The van der Waals surface area contributed by atoms with Gasteiger partial charge in [-0.3, -0.25) is 9.69 Å². The molecule has 1 amide bonds. The van der Waals surface area contributed by atoms with Gasteiger partial charge in [-0.2, -0.15) is 4.73 Å². The van der Waals surface area contributed by atoms with E-state index in [4.69, 9.17) is 4.74 Å². The van der Waals surface area contributed by atoms with Crippen LogP contribution >= 0.6 is 0 Å². The molecule has 166 valence electrons. The molecule has 31 heavy (non-hydrogen) atoms. The SMILES string of the molecule is C[C@@H](C(=O)Nc1ccc(OCC2CC2)cn1)N1CCC(F)(F)[C@@H](c2cc[n+]([O-])cc2)C1. The minimum atomic E-state index is -2.90. The van der Waals surface area contributed by atoms with Crippen molar-refractivity contribution in [3.8, 4) is 5.75 Å². The molecule has 1 aliphatic carbocycles. The van der Waals surface area contributed by atoms with Crippen LogP contribution in [-0.4, -0.2) is 47.5 Å². The number of piperidine rings is 1. The number of halogens is 2. The van der Waals surface area contributed by atoms with Gasteiger partial charge in [-0.25, -0.2) is 13.8 Å². The third-order valence-electron chi connectivity index (χ3n) is 5.99. The fourth-order valence-electron chi connectivity index (χ4n) is 3.72. The molecule has 2 fully saturated rings. The molecule has 0 bridgehead atoms. The molecule has 2 atom stereocenters. The summed E-state index contributed by atoms with van der Waals surface area (Å²) in [5.74, 6) is -2.62. The molecule has 1 N–H and O–H groups in total. The van der Waals surface area contributed by atoms with Gasteiger partial charge in [0.05, 0.1) is 24.8 Å². The molecule has 2 aliphatic rings. The third-order valence-corrected chi connectivity index (χ3v) is 5.99. The lowest BCUT2D eigenvalue weighted by atomic mass is 9.87. The summed E-state index contributed by atoms with van der Waals surface area (Å²) in [4.78, 5) is 18.7. The molecule has 1 aliphatic heterocycles. The summed E-state index contributed by atoms with van der Waals surface area (Å²) in [5.41, 5.74) is 0.387. The maximum atomic E-state index is 14.6. The molecule has 0 unspecified atom stereocenters. The number of carbonyl (C=O) groups is 1. The highest BCUT2D eigenvalue weighted by atomic mass is 19.3. The van der Waals surface area contributed by atoms with Crippen LogP contribution in [0.5, 0.6) is 5.75 Å². The van der Waals surface area contributed by atoms with Crippen LogP contribution in [0.3, 0.4) is 0 Å². The Morgan fingerprint density at radius 3 is 2.74 bits per heavy atom. The molecule has 0 aromatic carbocycles. The van der Waals surface area contributed by atoms with Gasteiger partial charge in [-0.15, -0.1) is 0 Å². The predicted molar refractivity (Wildman–Crippen MR) is 110 cm³/mol. The number of pyridine rings is 2. The average molecular weight is 432 g/mol. The summed E-state index contributed by atoms with van der Waals surface area (Å²) in [5, 5.41) is 14.0. The molecule has 0 spiro atoms. The van der Waals surface area contributed by atoms with Gasteiger partial charge in [0, 0.05) is 31.6 Å². The van der Waals surface area contributed by atoms with Gasteiger partial charge in [0.25, 0.3) is 5.92 Å². The largest absolute Gasteiger partial charge is 0.619 e. The highest BCUT2D eigenvalue weighted by molar-refractivity contribution is 5.93. The van der Waals surface area contributed by atoms with Gasteiger partial charge in [-0.1, -0.05) is 0 Å². The smallest absolute Gasteiger partial charge is 0.257 e. The number of ether oxygens (including phenoxy) is 1. The van der Waals surface area contributed by atoms with E-state index in [9.17, 15) is 18.8 Å². The van der Waals surface area contributed by atoms with Gasteiger partial charge < -0.3 is 15.3 Å². The number of hydrogen-bond acceptors (Lipinski definition) is 5. The van der Waals surface area contributed by atoms with Gasteiger partial charge >= 0.3 is 0 Å². The molecule has 0 radical (unpaired) electrons. The summed E-state index contributed by atoms with van der Waals surface area (Å²) in [7, 11) is 0. The zero-order valence-electron chi connectivity index (χ0n) is 17.3. The second-order valence-electron chi connectivity index (χ2n) is 8.35. The standard InChI is InChI=1S/C22H26F2N4O3/c1-15(21(29)26-20-5-4-18(12-25-20)31-14-16-2-3-16)27-11-8-22(23,24)19(13-27)17-6-9-28(30)10-7-17/h4-7,9-10,12,15-16,19H,2-3,8,11,13-14H2,1H3,(H,25,26,29)/t15-,19+/m0/s1. The number of anilines is 1. The lowest BCUT2D eigenvalue weighted by Gasteiger charge is -2.40. The lowest BCUT2D eigenvalue weighted by Crippen LogP contribution is -2.52. The van der Waals surface area contributed by atoms with Crippen molar-refractivity contribution in [1.29, 1.82) is 0 Å². The Hall–Kier alpha value is -2.81. The number of carbonyl (C=O) groups excluding carboxylic acids is 1. The maximum absolute atomic E-state index is 14.6. The van der Waals surface area contributed by atoms with Crippen LogP contribution in [0.25, 0.3) is 0 Å². The topological polar surface area (TPSA) is 81.4 Å². The summed E-state index contributed by atoms with van der Waals surface area (Å²) in [6.07, 6.45) is 6.04. The molecule has 9 heteroatoms. The van der Waals surface area contributed by atoms with E-state index in [0.29, 0.717) is 34.4 Å². The van der Waals surface area contributed by atoms with Crippen LogP contribution in [0.4, 0.5) is 14.6 Å². The van der Waals surface area contributed by atoms with Crippen LogP contribution in [0.1, 0.15) is 37.7 Å². The van der Waals surface area contributed by atoms with E-state index >= 15 is 0 Å². The maximum Gasteiger partial charge on any atom is 0.257 e. The van der Waals surface area contributed by atoms with Crippen LogP contribution in [0.2, 0.25) is 0 Å². The van der Waals surface area contributed by atoms with E-state index in [0.717, 1.165) is 0 Å². The number of likely N-dealkylation sites (tertiary alicyclic amines) is 1. The van der Waals surface area contributed by atoms with E-state index in [2.05, 4.69) is 10.3 Å². The Kier molecular flexibility index (Phi) is 6.04. The minimum absolute atomic E-state index is 0.0197. The van der Waals surface area contributed by atoms with Crippen LogP contribution in [-0.2, 0) is 4.79 Å². The van der Waals surface area contributed by atoms with Crippen LogP contribution < -0.4 is 14.8 Å². The first kappa shape index (κ1) is 21.4. The number of aromatic nitrogens is 2. The quantitative estimate of drug-likeness (QED) is 0.538. The van der Waals surface area contributed by atoms with E-state index in [1.54, 1.807) is 30.2 Å². The van der Waals surface area contributed by atoms with Crippen molar-refractivity contribution < 1.29 is 23.0 Å². The van der Waals surface area contributed by atoms with Crippen molar-refractivity contribution in [3.05, 3.63) is 53.6 Å². The normalized spacial score (nSPS) is 22.0. The molecule has 4 rings (SSSR count). The lowest BCUT2D eigenvalue weighted by molar-refractivity contribution is -0.605. The van der Waals surface area contributed by atoms with E-state index in [1.165, 1.54) is 37.4 Å². The fraction of sp³-hybridized carbons (Fsp3) is 0.500. The number of nitrogens with zero attached hydrogens (tertiary/aromatic N) is 3. The first-order chi connectivity index (χ1) is 14.8. The first-order valence-corrected chi connectivity index (χ1v) is 10.5. The van der Waals surface area contributed by atoms with Gasteiger partial charge in [-0.05, 0) is 43.4 Å². The highest BCUT2D eigenvalue weighted by Crippen LogP contribution is 2.40. The monoisotopic (exact) mass is 432 g/mol. The second kappa shape index (κ2) is 8.74. The number of rotatable bonds is 7. The van der Waals surface area contributed by atoms with Gasteiger partial charge in [0.2, 0.25) is 5.91 Å². The number of nitrogens with one attached hydrogen (secondary N) is 1. The number of alkyl halides is 2. The molecule has 7 nitrogen and oxygen atoms in total. The van der Waals surface area contributed by atoms with E-state index in [-0.39, 0.29) is 25.4 Å². The third kappa shape index (κ3) is 5.28. The summed E-state index contributed by atoms with van der Waals surface area (Å²) < 4.78 is 35.3. The summed E-state index contributed by atoms with van der Waals surface area (Å²) >= 11 is 0. The average Bonchev–Trinajstić information content (AvgIpc) is 3.58. The Bertz CT molecular complexity index is 904. The molecule has 3 heterocycles. The summed E-state index contributed by atoms with van der Waals surface area (Å²) in [6, 6.07) is 5.64. The zero-order valence-corrected chi connectivity index (χ0v) is 17.3. The Labute approximate surface area is 179 Å². The van der Waals surface area contributed by atoms with Gasteiger partial charge in [0.1, 0.15) is 11.6 Å². The second-order valence-corrected chi connectivity index (χ2v) is 8.35. The molecular formula is C22H26F2N4O3. The predicted octanol–water partition coefficient (Wildman–Crippen LogP) is 2.96. The molecular weight excluding hydrogens is 406 g/mol. The van der Waals surface area contributed by atoms with Crippen LogP contribution in [0, 0.1) is 11.1 Å². The van der Waals surface area contributed by atoms with Crippen molar-refractivity contribution in [3.63, 3.8) is 0 Å². The van der Waals surface area contributed by atoms with Gasteiger partial charge in [0.15, 0.2) is 12.4 Å². The minimum Gasteiger partial charge on any atom is -0.619 e. The number of amides is 1. The highest BCUT2D eigenvalue weighted by Gasteiger charge is 2.46. The summed E-state index contributed by atoms with van der Waals surface area (Å²) in [6.45, 7) is 2.50. The fourth-order valence-corrected chi connectivity index (χ4v) is 3.72. The van der Waals surface area contributed by atoms with E-state index in [1.807, 2.05) is 0 Å². The molecule has 2 aromatic rings. The van der Waals surface area contributed by atoms with Crippen molar-refractivity contribution in [2.75, 3.05) is 25.0 Å². The van der Waals surface area contributed by atoms with Crippen molar-refractivity contribution in [2.45, 2.75) is 44.1 Å². The van der Waals surface area contributed by atoms with Crippen LogP contribution in [0.15, 0.2) is 42.9 Å². The molecule has 1 saturated carbocycles. The van der Waals surface area contributed by atoms with E-state index < -0.39 is 17.9 Å². The Balaban J connectivity index is 1.36. The Morgan fingerprint density at radius 1 is 1.35 bits per heavy atom. The molecule has 1 saturated heterocycles. The first-order valence-electron chi connectivity index (χ1n) is 10.5. The Morgan fingerprint density at radius 2 is 2.10 bits per heavy atom. The van der Waals surface area contributed by atoms with Crippen molar-refractivity contribution in [2.24, 2.45) is 5.92 Å². The molecule has 2 aromatic heterocycles. The zero-order chi connectivity index (χ0) is 22.0. The van der Waals surface area contributed by atoms with Crippen molar-refractivity contribution in [1.82, 2.24) is 9.88 Å².